The van der Waals surface area contributed by atoms with Crippen molar-refractivity contribution in [2.45, 2.75) is 32.9 Å². The van der Waals surface area contributed by atoms with E-state index in [0.29, 0.717) is 26.2 Å². The van der Waals surface area contributed by atoms with Gasteiger partial charge in [-0.1, -0.05) is 44.2 Å². The smallest absolute Gasteiger partial charge is 0.410 e. The normalized spacial score (nSPS) is 16.7. The summed E-state index contributed by atoms with van der Waals surface area (Å²) in [6, 6.07) is 9.11. The van der Waals surface area contributed by atoms with Crippen molar-refractivity contribution in [3.05, 3.63) is 35.9 Å². The summed E-state index contributed by atoms with van der Waals surface area (Å²) in [4.78, 5) is 28.0. The highest BCUT2D eigenvalue weighted by Gasteiger charge is 2.27. The highest BCUT2D eigenvalue weighted by molar-refractivity contribution is 5.82. The second kappa shape index (κ2) is 8.68. The predicted octanol–water partition coefficient (Wildman–Crippen LogP) is 1.84. The summed E-state index contributed by atoms with van der Waals surface area (Å²) in [5.74, 6) is 0.0668. The summed E-state index contributed by atoms with van der Waals surface area (Å²) in [6.07, 6.45) is 0.401. The minimum Gasteiger partial charge on any atom is -0.445 e. The molecule has 0 radical (unpaired) electrons. The highest BCUT2D eigenvalue weighted by atomic mass is 16.6. The fourth-order valence-electron chi connectivity index (χ4n) is 2.63. The lowest BCUT2D eigenvalue weighted by molar-refractivity contribution is -0.133. The highest BCUT2D eigenvalue weighted by Crippen LogP contribution is 2.10. The van der Waals surface area contributed by atoms with Crippen LogP contribution in [0.4, 0.5) is 4.79 Å². The molecule has 1 aromatic carbocycles. The maximum Gasteiger partial charge on any atom is 0.410 e. The number of ether oxygens (including phenoxy) is 1. The molecule has 0 aromatic heterocycles. The summed E-state index contributed by atoms with van der Waals surface area (Å²) in [5, 5.41) is 0. The number of rotatable bonds is 4. The van der Waals surface area contributed by atoms with Gasteiger partial charge in [0.05, 0.1) is 6.04 Å². The van der Waals surface area contributed by atoms with Crippen LogP contribution in [0, 0.1) is 5.92 Å². The van der Waals surface area contributed by atoms with E-state index < -0.39 is 6.04 Å². The van der Waals surface area contributed by atoms with Crippen molar-refractivity contribution in [3.8, 4) is 0 Å². The molecule has 6 heteroatoms. The molecule has 6 nitrogen and oxygen atoms in total. The third-order valence-electron chi connectivity index (χ3n) is 4.27. The second-order valence-electron chi connectivity index (χ2n) is 6.48. The van der Waals surface area contributed by atoms with Gasteiger partial charge < -0.3 is 20.3 Å². The van der Waals surface area contributed by atoms with E-state index in [0.717, 1.165) is 12.0 Å². The Balaban J connectivity index is 1.84. The maximum atomic E-state index is 12.3. The van der Waals surface area contributed by atoms with E-state index in [9.17, 15) is 9.59 Å². The summed E-state index contributed by atoms with van der Waals surface area (Å²) < 4.78 is 5.36. The van der Waals surface area contributed by atoms with Crippen LogP contribution < -0.4 is 5.73 Å². The Morgan fingerprint density at radius 3 is 2.38 bits per heavy atom. The average Bonchev–Trinajstić information content (AvgIpc) is 2.85. The van der Waals surface area contributed by atoms with E-state index in [1.165, 1.54) is 0 Å². The standard InChI is InChI=1S/C18H27N3O3/c1-14(2)16(19)17(22)20-9-6-10-21(12-11-20)18(23)24-13-15-7-4-3-5-8-15/h3-5,7-8,14,16H,6,9-13,19H2,1-2H3/t16-/m0/s1. The van der Waals surface area contributed by atoms with Crippen LogP contribution in [0.5, 0.6) is 0 Å². The molecule has 1 aliphatic rings. The van der Waals surface area contributed by atoms with E-state index in [1.807, 2.05) is 44.2 Å². The molecule has 1 fully saturated rings. The van der Waals surface area contributed by atoms with Crippen molar-refractivity contribution in [3.63, 3.8) is 0 Å². The molecular weight excluding hydrogens is 306 g/mol. The van der Waals surface area contributed by atoms with Gasteiger partial charge in [-0.15, -0.1) is 0 Å². The Labute approximate surface area is 143 Å². The van der Waals surface area contributed by atoms with E-state index in [2.05, 4.69) is 0 Å². The first-order valence-electron chi connectivity index (χ1n) is 8.49. The number of nitrogens with zero attached hydrogens (tertiary/aromatic N) is 2. The van der Waals surface area contributed by atoms with Gasteiger partial charge in [0.25, 0.3) is 0 Å². The molecule has 0 bridgehead atoms. The lowest BCUT2D eigenvalue weighted by atomic mass is 10.0. The Hall–Kier alpha value is -2.08. The van der Waals surface area contributed by atoms with Crippen LogP contribution in [0.1, 0.15) is 25.8 Å². The van der Waals surface area contributed by atoms with Gasteiger partial charge in [0.2, 0.25) is 5.91 Å². The lowest BCUT2D eigenvalue weighted by Crippen LogP contribution is -2.47. The van der Waals surface area contributed by atoms with Crippen molar-refractivity contribution in [1.82, 2.24) is 9.80 Å². The topological polar surface area (TPSA) is 75.9 Å². The van der Waals surface area contributed by atoms with Crippen molar-refractivity contribution < 1.29 is 14.3 Å². The molecule has 1 aliphatic heterocycles. The Kier molecular flexibility index (Phi) is 6.61. The van der Waals surface area contributed by atoms with Gasteiger partial charge in [-0.05, 0) is 17.9 Å². The van der Waals surface area contributed by atoms with E-state index >= 15 is 0 Å². The summed E-state index contributed by atoms with van der Waals surface area (Å²) in [6.45, 7) is 6.33. The molecule has 0 spiro atoms. The van der Waals surface area contributed by atoms with Crippen molar-refractivity contribution in [1.29, 1.82) is 0 Å². The molecular formula is C18H27N3O3. The fourth-order valence-corrected chi connectivity index (χ4v) is 2.63. The number of amides is 2. The zero-order valence-electron chi connectivity index (χ0n) is 14.5. The molecule has 1 saturated heterocycles. The van der Waals surface area contributed by atoms with Crippen LogP contribution >= 0.6 is 0 Å². The Morgan fingerprint density at radius 2 is 1.71 bits per heavy atom. The molecule has 2 amide bonds. The van der Waals surface area contributed by atoms with Gasteiger partial charge in [-0.3, -0.25) is 4.79 Å². The van der Waals surface area contributed by atoms with E-state index in [1.54, 1.807) is 9.80 Å². The van der Waals surface area contributed by atoms with Gasteiger partial charge >= 0.3 is 6.09 Å². The number of carbonyl (C=O) groups is 2. The van der Waals surface area contributed by atoms with Crippen LogP contribution in [-0.4, -0.2) is 54.0 Å². The van der Waals surface area contributed by atoms with Crippen molar-refractivity contribution in [2.75, 3.05) is 26.2 Å². The third kappa shape index (κ3) is 4.96. The Morgan fingerprint density at radius 1 is 1.08 bits per heavy atom. The molecule has 1 atom stereocenters. The van der Waals surface area contributed by atoms with Gasteiger partial charge in [0, 0.05) is 26.2 Å². The number of nitrogens with two attached hydrogens (primary N) is 1. The van der Waals surface area contributed by atoms with Crippen LogP contribution in [0.2, 0.25) is 0 Å². The van der Waals surface area contributed by atoms with Crippen molar-refractivity contribution in [2.24, 2.45) is 11.7 Å². The van der Waals surface area contributed by atoms with Crippen LogP contribution in [0.3, 0.4) is 0 Å². The third-order valence-corrected chi connectivity index (χ3v) is 4.27. The zero-order chi connectivity index (χ0) is 17.5. The quantitative estimate of drug-likeness (QED) is 0.912. The summed E-state index contributed by atoms with van der Waals surface area (Å²) in [7, 11) is 0. The number of benzene rings is 1. The molecule has 132 valence electrons. The molecule has 1 heterocycles. The number of carbonyl (C=O) groups excluding carboxylic acids is 2. The summed E-state index contributed by atoms with van der Waals surface area (Å²) in [5.41, 5.74) is 6.91. The van der Waals surface area contributed by atoms with Gasteiger partial charge in [0.15, 0.2) is 0 Å². The first kappa shape index (κ1) is 18.3. The van der Waals surface area contributed by atoms with Crippen molar-refractivity contribution >= 4 is 12.0 Å². The van der Waals surface area contributed by atoms with Gasteiger partial charge in [0.1, 0.15) is 6.61 Å². The van der Waals surface area contributed by atoms with Crippen LogP contribution in [-0.2, 0) is 16.1 Å². The first-order chi connectivity index (χ1) is 11.5. The molecule has 2 rings (SSSR count). The SMILES string of the molecule is CC(C)[C@H](N)C(=O)N1CCCN(C(=O)OCc2ccccc2)CC1. The van der Waals surface area contributed by atoms with E-state index in [4.69, 9.17) is 10.5 Å². The number of hydrogen-bond acceptors (Lipinski definition) is 4. The molecule has 24 heavy (non-hydrogen) atoms. The Bertz CT molecular complexity index is 548. The van der Waals surface area contributed by atoms with Gasteiger partial charge in [-0.2, -0.15) is 0 Å². The molecule has 0 unspecified atom stereocenters. The maximum absolute atomic E-state index is 12.3. The van der Waals surface area contributed by atoms with Crippen LogP contribution in [0.25, 0.3) is 0 Å². The zero-order valence-corrected chi connectivity index (χ0v) is 14.5. The minimum atomic E-state index is -0.485. The molecule has 0 saturated carbocycles. The molecule has 1 aromatic rings. The first-order valence-corrected chi connectivity index (χ1v) is 8.49. The number of hydrogen-bond donors (Lipinski definition) is 1. The average molecular weight is 333 g/mol. The van der Waals surface area contributed by atoms with Crippen LogP contribution in [0.15, 0.2) is 30.3 Å². The summed E-state index contributed by atoms with van der Waals surface area (Å²) >= 11 is 0. The monoisotopic (exact) mass is 333 g/mol. The van der Waals surface area contributed by atoms with Gasteiger partial charge in [-0.25, -0.2) is 4.79 Å². The largest absolute Gasteiger partial charge is 0.445 e. The molecule has 2 N–H and O–H groups in total. The fraction of sp³-hybridized carbons (Fsp3) is 0.556. The predicted molar refractivity (Wildman–Crippen MR) is 92.2 cm³/mol. The molecule has 0 aliphatic carbocycles. The van der Waals surface area contributed by atoms with E-state index in [-0.39, 0.29) is 24.5 Å². The second-order valence-corrected chi connectivity index (χ2v) is 6.48. The lowest BCUT2D eigenvalue weighted by Gasteiger charge is -2.26. The minimum absolute atomic E-state index is 0.0375.